The maximum absolute atomic E-state index is 12.5. The van der Waals surface area contributed by atoms with Gasteiger partial charge in [0.2, 0.25) is 5.91 Å². The summed E-state index contributed by atoms with van der Waals surface area (Å²) in [5.41, 5.74) is 9.89. The Hall–Kier alpha value is -1.81. The SMILES string of the molecule is Nc1ccc2c(c1)CCCC(=O)N2Cc1ccccc1Br. The van der Waals surface area contributed by atoms with E-state index in [9.17, 15) is 4.79 Å². The molecule has 0 bridgehead atoms. The van der Waals surface area contributed by atoms with Gasteiger partial charge in [-0.05, 0) is 48.2 Å². The number of carbonyl (C=O) groups excluding carboxylic acids is 1. The van der Waals surface area contributed by atoms with E-state index in [4.69, 9.17) is 5.73 Å². The van der Waals surface area contributed by atoms with Gasteiger partial charge >= 0.3 is 0 Å². The minimum Gasteiger partial charge on any atom is -0.399 e. The van der Waals surface area contributed by atoms with Crippen LogP contribution in [-0.2, 0) is 17.8 Å². The number of hydrogen-bond donors (Lipinski definition) is 1. The van der Waals surface area contributed by atoms with E-state index in [0.717, 1.165) is 39.8 Å². The van der Waals surface area contributed by atoms with Crippen molar-refractivity contribution >= 4 is 33.2 Å². The fourth-order valence-electron chi connectivity index (χ4n) is 2.74. The van der Waals surface area contributed by atoms with Crippen LogP contribution in [0.4, 0.5) is 11.4 Å². The number of halogens is 1. The van der Waals surface area contributed by atoms with Gasteiger partial charge in [0.1, 0.15) is 0 Å². The van der Waals surface area contributed by atoms with Gasteiger partial charge in [-0.3, -0.25) is 4.79 Å². The number of aryl methyl sites for hydroxylation is 1. The monoisotopic (exact) mass is 344 g/mol. The number of rotatable bonds is 2. The third kappa shape index (κ3) is 2.95. The molecule has 2 aromatic carbocycles. The Morgan fingerprint density at radius 2 is 1.95 bits per heavy atom. The highest BCUT2D eigenvalue weighted by Crippen LogP contribution is 2.31. The molecule has 0 saturated carbocycles. The number of anilines is 2. The molecule has 1 heterocycles. The molecule has 0 aliphatic carbocycles. The van der Waals surface area contributed by atoms with Crippen molar-refractivity contribution in [2.75, 3.05) is 10.6 Å². The van der Waals surface area contributed by atoms with E-state index < -0.39 is 0 Å². The summed E-state index contributed by atoms with van der Waals surface area (Å²) in [5.74, 6) is 0.175. The van der Waals surface area contributed by atoms with Crippen LogP contribution in [0.2, 0.25) is 0 Å². The molecule has 1 aliphatic heterocycles. The first kappa shape index (κ1) is 14.1. The van der Waals surface area contributed by atoms with Gasteiger partial charge in [0.25, 0.3) is 0 Å². The fourth-order valence-corrected chi connectivity index (χ4v) is 3.15. The number of carbonyl (C=O) groups is 1. The Balaban J connectivity index is 2.00. The van der Waals surface area contributed by atoms with Crippen LogP contribution >= 0.6 is 15.9 Å². The second-order valence-corrected chi connectivity index (χ2v) is 6.17. The molecule has 0 saturated heterocycles. The molecule has 0 radical (unpaired) electrons. The van der Waals surface area contributed by atoms with Gasteiger partial charge in [-0.25, -0.2) is 0 Å². The van der Waals surface area contributed by atoms with E-state index in [-0.39, 0.29) is 5.91 Å². The largest absolute Gasteiger partial charge is 0.399 e. The highest BCUT2D eigenvalue weighted by Gasteiger charge is 2.22. The van der Waals surface area contributed by atoms with Crippen LogP contribution in [0, 0.1) is 0 Å². The maximum atomic E-state index is 12.5. The summed E-state index contributed by atoms with van der Waals surface area (Å²) in [6, 6.07) is 13.8. The number of benzene rings is 2. The van der Waals surface area contributed by atoms with Gasteiger partial charge in [-0.15, -0.1) is 0 Å². The normalized spacial score (nSPS) is 14.7. The molecule has 2 aromatic rings. The van der Waals surface area contributed by atoms with Gasteiger partial charge in [0.15, 0.2) is 0 Å². The predicted molar refractivity (Wildman–Crippen MR) is 89.1 cm³/mol. The lowest BCUT2D eigenvalue weighted by atomic mass is 10.1. The number of nitrogen functional groups attached to an aromatic ring is 1. The molecule has 4 heteroatoms. The molecule has 108 valence electrons. The predicted octanol–water partition coefficient (Wildman–Crippen LogP) is 3.90. The minimum absolute atomic E-state index is 0.175. The van der Waals surface area contributed by atoms with Crippen molar-refractivity contribution in [1.29, 1.82) is 0 Å². The van der Waals surface area contributed by atoms with Gasteiger partial charge < -0.3 is 10.6 Å². The average molecular weight is 345 g/mol. The molecule has 0 fully saturated rings. The summed E-state index contributed by atoms with van der Waals surface area (Å²) in [6.45, 7) is 0.581. The summed E-state index contributed by atoms with van der Waals surface area (Å²) >= 11 is 3.56. The van der Waals surface area contributed by atoms with E-state index in [0.29, 0.717) is 13.0 Å². The summed E-state index contributed by atoms with van der Waals surface area (Å²) in [4.78, 5) is 14.3. The standard InChI is InChI=1S/C17H17BrN2O/c18-15-6-2-1-4-13(15)11-20-16-9-8-14(19)10-12(16)5-3-7-17(20)21/h1-2,4,6,8-10H,3,5,7,11,19H2. The van der Waals surface area contributed by atoms with E-state index in [1.54, 1.807) is 0 Å². The van der Waals surface area contributed by atoms with Gasteiger partial charge in [0.05, 0.1) is 6.54 Å². The molecular weight excluding hydrogens is 328 g/mol. The van der Waals surface area contributed by atoms with Crippen molar-refractivity contribution in [3.8, 4) is 0 Å². The molecule has 0 atom stereocenters. The lowest BCUT2D eigenvalue weighted by Gasteiger charge is -2.24. The quantitative estimate of drug-likeness (QED) is 0.839. The first-order valence-corrected chi connectivity index (χ1v) is 7.86. The van der Waals surface area contributed by atoms with Crippen molar-refractivity contribution in [2.24, 2.45) is 0 Å². The molecule has 0 spiro atoms. The molecule has 0 aromatic heterocycles. The van der Waals surface area contributed by atoms with Crippen molar-refractivity contribution in [3.63, 3.8) is 0 Å². The van der Waals surface area contributed by atoms with Crippen molar-refractivity contribution in [1.82, 2.24) is 0 Å². The summed E-state index contributed by atoms with van der Waals surface area (Å²) < 4.78 is 1.03. The molecule has 2 N–H and O–H groups in total. The number of nitrogens with two attached hydrogens (primary N) is 1. The van der Waals surface area contributed by atoms with Crippen molar-refractivity contribution in [2.45, 2.75) is 25.8 Å². The van der Waals surface area contributed by atoms with E-state index in [2.05, 4.69) is 15.9 Å². The van der Waals surface area contributed by atoms with Gasteiger partial charge in [-0.2, -0.15) is 0 Å². The summed E-state index contributed by atoms with van der Waals surface area (Å²) in [7, 11) is 0. The zero-order valence-electron chi connectivity index (χ0n) is 11.7. The van der Waals surface area contributed by atoms with Crippen LogP contribution in [0.3, 0.4) is 0 Å². The Bertz CT molecular complexity index is 684. The highest BCUT2D eigenvalue weighted by molar-refractivity contribution is 9.10. The van der Waals surface area contributed by atoms with E-state index >= 15 is 0 Å². The molecule has 3 rings (SSSR count). The number of fused-ring (bicyclic) bond motifs is 1. The van der Waals surface area contributed by atoms with E-state index in [1.165, 1.54) is 0 Å². The number of amides is 1. The zero-order chi connectivity index (χ0) is 14.8. The maximum Gasteiger partial charge on any atom is 0.227 e. The van der Waals surface area contributed by atoms with Crippen LogP contribution in [0.5, 0.6) is 0 Å². The Kier molecular flexibility index (Phi) is 3.97. The molecular formula is C17H17BrN2O. The van der Waals surface area contributed by atoms with E-state index in [1.807, 2.05) is 47.4 Å². The van der Waals surface area contributed by atoms with Crippen molar-refractivity contribution < 1.29 is 4.79 Å². The second kappa shape index (κ2) is 5.90. The topological polar surface area (TPSA) is 46.3 Å². The van der Waals surface area contributed by atoms with Crippen LogP contribution in [0.1, 0.15) is 24.0 Å². The van der Waals surface area contributed by atoms with Crippen molar-refractivity contribution in [3.05, 3.63) is 58.1 Å². The molecule has 3 nitrogen and oxygen atoms in total. The van der Waals surface area contributed by atoms with Crippen LogP contribution in [0.25, 0.3) is 0 Å². The average Bonchev–Trinajstić information content (AvgIpc) is 2.61. The lowest BCUT2D eigenvalue weighted by Crippen LogP contribution is -2.29. The van der Waals surface area contributed by atoms with Gasteiger partial charge in [0, 0.05) is 22.3 Å². The first-order valence-electron chi connectivity index (χ1n) is 7.07. The number of hydrogen-bond acceptors (Lipinski definition) is 2. The third-order valence-electron chi connectivity index (χ3n) is 3.82. The molecule has 1 aliphatic rings. The van der Waals surface area contributed by atoms with Crippen LogP contribution in [-0.4, -0.2) is 5.91 Å². The summed E-state index contributed by atoms with van der Waals surface area (Å²) in [5, 5.41) is 0. The van der Waals surface area contributed by atoms with Crippen LogP contribution in [0.15, 0.2) is 46.9 Å². The fraction of sp³-hybridized carbons (Fsp3) is 0.235. The Morgan fingerprint density at radius 1 is 1.14 bits per heavy atom. The van der Waals surface area contributed by atoms with Gasteiger partial charge in [-0.1, -0.05) is 34.1 Å². The zero-order valence-corrected chi connectivity index (χ0v) is 13.3. The lowest BCUT2D eigenvalue weighted by molar-refractivity contribution is -0.118. The molecule has 21 heavy (non-hydrogen) atoms. The Morgan fingerprint density at radius 3 is 2.76 bits per heavy atom. The Labute approximate surface area is 132 Å². The molecule has 1 amide bonds. The van der Waals surface area contributed by atoms with Crippen LogP contribution < -0.4 is 10.6 Å². The smallest absolute Gasteiger partial charge is 0.227 e. The first-order chi connectivity index (χ1) is 10.1. The third-order valence-corrected chi connectivity index (χ3v) is 4.59. The second-order valence-electron chi connectivity index (χ2n) is 5.31. The molecule has 0 unspecified atom stereocenters. The minimum atomic E-state index is 0.175. The number of nitrogens with zero attached hydrogens (tertiary/aromatic N) is 1. The summed E-state index contributed by atoms with van der Waals surface area (Å²) in [6.07, 6.45) is 2.36. The highest BCUT2D eigenvalue weighted by atomic mass is 79.9.